The highest BCUT2D eigenvalue weighted by Crippen LogP contribution is 2.46. The third-order valence-electron chi connectivity index (χ3n) is 5.95. The predicted octanol–water partition coefficient (Wildman–Crippen LogP) is 1.50. The minimum atomic E-state index is -2.98. The van der Waals surface area contributed by atoms with Crippen molar-refractivity contribution in [2.24, 2.45) is 28.9 Å². The van der Waals surface area contributed by atoms with Gasteiger partial charge in [-0.15, -0.1) is 12.4 Å². The third-order valence-corrected chi connectivity index (χ3v) is 7.08. The first kappa shape index (κ1) is 19.0. The molecule has 3 saturated carbocycles. The second-order valence-corrected chi connectivity index (χ2v) is 10.1. The van der Waals surface area contributed by atoms with Crippen molar-refractivity contribution in [3.8, 4) is 0 Å². The van der Waals surface area contributed by atoms with Crippen LogP contribution in [0.1, 0.15) is 44.9 Å². The molecule has 2 bridgehead atoms. The van der Waals surface area contributed by atoms with E-state index in [0.29, 0.717) is 18.4 Å². The molecule has 0 spiro atoms. The van der Waals surface area contributed by atoms with E-state index in [1.54, 1.807) is 0 Å². The number of carbonyl (C=O) groups is 1. The molecule has 23 heavy (non-hydrogen) atoms. The first-order chi connectivity index (χ1) is 10.3. The fourth-order valence-electron chi connectivity index (χ4n) is 4.53. The molecule has 7 heteroatoms. The molecule has 134 valence electrons. The van der Waals surface area contributed by atoms with E-state index in [9.17, 15) is 13.2 Å². The number of sulfone groups is 1. The summed E-state index contributed by atoms with van der Waals surface area (Å²) in [6, 6.07) is 0.276. The van der Waals surface area contributed by atoms with Gasteiger partial charge in [-0.2, -0.15) is 0 Å². The molecule has 5 nitrogen and oxygen atoms in total. The zero-order valence-corrected chi connectivity index (χ0v) is 15.4. The minimum absolute atomic E-state index is 0. The van der Waals surface area contributed by atoms with Gasteiger partial charge in [-0.3, -0.25) is 4.79 Å². The fraction of sp³-hybridized carbons (Fsp3) is 0.938. The molecule has 0 aromatic carbocycles. The van der Waals surface area contributed by atoms with Crippen LogP contribution >= 0.6 is 12.4 Å². The van der Waals surface area contributed by atoms with Gasteiger partial charge in [0.15, 0.2) is 0 Å². The molecule has 0 radical (unpaired) electrons. The van der Waals surface area contributed by atoms with Crippen LogP contribution in [0, 0.1) is 23.2 Å². The van der Waals surface area contributed by atoms with Crippen LogP contribution in [-0.4, -0.2) is 38.9 Å². The number of carbonyl (C=O) groups excluding carboxylic acids is 1. The zero-order valence-electron chi connectivity index (χ0n) is 13.8. The maximum Gasteiger partial charge on any atom is 0.223 e. The normalized spacial score (nSPS) is 35.0. The average Bonchev–Trinajstić information content (AvgIpc) is 3.13. The highest BCUT2D eigenvalue weighted by molar-refractivity contribution is 7.90. The van der Waals surface area contributed by atoms with Crippen LogP contribution in [0.4, 0.5) is 0 Å². The molecule has 3 aliphatic rings. The van der Waals surface area contributed by atoms with Crippen LogP contribution < -0.4 is 11.1 Å². The van der Waals surface area contributed by atoms with E-state index < -0.39 is 9.84 Å². The van der Waals surface area contributed by atoms with E-state index in [0.717, 1.165) is 38.5 Å². The number of rotatable bonds is 5. The molecule has 3 N–H and O–H groups in total. The quantitative estimate of drug-likeness (QED) is 0.773. The second kappa shape index (κ2) is 6.89. The molecule has 0 aliphatic heterocycles. The van der Waals surface area contributed by atoms with Gasteiger partial charge >= 0.3 is 0 Å². The summed E-state index contributed by atoms with van der Waals surface area (Å²) in [6.45, 7) is 0.511. The fourth-order valence-corrected chi connectivity index (χ4v) is 6.03. The summed E-state index contributed by atoms with van der Waals surface area (Å²) in [5, 5.41) is 3.04. The Hall–Kier alpha value is -0.330. The summed E-state index contributed by atoms with van der Waals surface area (Å²) < 4.78 is 23.0. The first-order valence-corrected chi connectivity index (χ1v) is 10.6. The lowest BCUT2D eigenvalue weighted by Crippen LogP contribution is -2.49. The van der Waals surface area contributed by atoms with E-state index in [-0.39, 0.29) is 41.4 Å². The molecule has 0 heterocycles. The summed E-state index contributed by atoms with van der Waals surface area (Å²) >= 11 is 0. The average molecular weight is 365 g/mol. The van der Waals surface area contributed by atoms with Gasteiger partial charge in [-0.05, 0) is 50.4 Å². The molecule has 1 amide bonds. The smallest absolute Gasteiger partial charge is 0.223 e. The molecule has 0 aromatic rings. The van der Waals surface area contributed by atoms with Gasteiger partial charge in [-0.25, -0.2) is 8.42 Å². The molecule has 3 fully saturated rings. The van der Waals surface area contributed by atoms with Gasteiger partial charge in [0.2, 0.25) is 5.91 Å². The van der Waals surface area contributed by atoms with E-state index in [1.807, 2.05) is 0 Å². The number of fused-ring (bicyclic) bond motifs is 2. The Morgan fingerprint density at radius 1 is 1.22 bits per heavy atom. The Labute approximate surface area is 145 Å². The van der Waals surface area contributed by atoms with E-state index in [2.05, 4.69) is 5.32 Å². The maximum absolute atomic E-state index is 12.5. The number of nitrogens with two attached hydrogens (primary N) is 1. The molecule has 0 saturated heterocycles. The molecule has 2 atom stereocenters. The van der Waals surface area contributed by atoms with Crippen LogP contribution in [0.5, 0.6) is 0 Å². The Balaban J connectivity index is 0.00000192. The van der Waals surface area contributed by atoms with Gasteiger partial charge in [-0.1, -0.05) is 6.42 Å². The number of hydrogen-bond acceptors (Lipinski definition) is 4. The van der Waals surface area contributed by atoms with E-state index in [4.69, 9.17) is 5.73 Å². The van der Waals surface area contributed by atoms with Crippen LogP contribution in [0.3, 0.4) is 0 Å². The van der Waals surface area contributed by atoms with Gasteiger partial charge < -0.3 is 11.1 Å². The van der Waals surface area contributed by atoms with Crippen LogP contribution in [-0.2, 0) is 14.6 Å². The standard InChI is InChI=1S/C16H28N2O3S.ClH/c1-22(20,21)10-16(5-6-16)9-18-15(19)13-7-11-3-2-4-12(8-13)14(11)17;/h11-14H,2-10,17H2,1H3,(H,18,19);1H. The topological polar surface area (TPSA) is 89.3 Å². The molecule has 0 aromatic heterocycles. The summed E-state index contributed by atoms with van der Waals surface area (Å²) in [6.07, 6.45) is 8.44. The zero-order chi connectivity index (χ0) is 16.0. The summed E-state index contributed by atoms with van der Waals surface area (Å²) in [5.41, 5.74) is 6.08. The van der Waals surface area contributed by atoms with Crippen molar-refractivity contribution in [1.29, 1.82) is 0 Å². The monoisotopic (exact) mass is 364 g/mol. The van der Waals surface area contributed by atoms with Crippen molar-refractivity contribution in [1.82, 2.24) is 5.32 Å². The van der Waals surface area contributed by atoms with Gasteiger partial charge in [0, 0.05) is 30.2 Å². The Bertz CT molecular complexity index is 534. The summed E-state index contributed by atoms with van der Waals surface area (Å²) in [7, 11) is -2.98. The van der Waals surface area contributed by atoms with Gasteiger partial charge in [0.25, 0.3) is 0 Å². The van der Waals surface area contributed by atoms with Crippen molar-refractivity contribution in [2.75, 3.05) is 18.6 Å². The number of amides is 1. The lowest BCUT2D eigenvalue weighted by atomic mass is 9.65. The summed E-state index contributed by atoms with van der Waals surface area (Å²) in [5.74, 6) is 1.37. The number of hydrogen-bond donors (Lipinski definition) is 2. The summed E-state index contributed by atoms with van der Waals surface area (Å²) in [4.78, 5) is 12.5. The van der Waals surface area contributed by atoms with E-state index >= 15 is 0 Å². The molecular formula is C16H29ClN2O3S. The first-order valence-electron chi connectivity index (χ1n) is 8.49. The largest absolute Gasteiger partial charge is 0.355 e. The van der Waals surface area contributed by atoms with Crippen molar-refractivity contribution >= 4 is 28.2 Å². The molecule has 3 aliphatic carbocycles. The number of halogens is 1. The SMILES string of the molecule is CS(=O)(=O)CC1(CNC(=O)C2CC3CCCC(C2)C3N)CC1.Cl. The Morgan fingerprint density at radius 3 is 2.26 bits per heavy atom. The van der Waals surface area contributed by atoms with Gasteiger partial charge in [0.05, 0.1) is 5.75 Å². The number of nitrogens with one attached hydrogen (secondary N) is 1. The molecule has 2 unspecified atom stereocenters. The highest BCUT2D eigenvalue weighted by atomic mass is 35.5. The highest BCUT2D eigenvalue weighted by Gasteiger charge is 2.46. The maximum atomic E-state index is 12.5. The van der Waals surface area contributed by atoms with Crippen LogP contribution in [0.2, 0.25) is 0 Å². The predicted molar refractivity (Wildman–Crippen MR) is 93.2 cm³/mol. The van der Waals surface area contributed by atoms with Crippen molar-refractivity contribution in [3.63, 3.8) is 0 Å². The molecule has 3 rings (SSSR count). The van der Waals surface area contributed by atoms with Gasteiger partial charge in [0.1, 0.15) is 9.84 Å². The van der Waals surface area contributed by atoms with Crippen molar-refractivity contribution < 1.29 is 13.2 Å². The lowest BCUT2D eigenvalue weighted by Gasteiger charge is -2.43. The Kier molecular flexibility index (Phi) is 5.69. The van der Waals surface area contributed by atoms with Crippen LogP contribution in [0.15, 0.2) is 0 Å². The lowest BCUT2D eigenvalue weighted by molar-refractivity contribution is -0.128. The third kappa shape index (κ3) is 4.60. The van der Waals surface area contributed by atoms with Crippen molar-refractivity contribution in [3.05, 3.63) is 0 Å². The van der Waals surface area contributed by atoms with Crippen molar-refractivity contribution in [2.45, 2.75) is 51.0 Å². The minimum Gasteiger partial charge on any atom is -0.355 e. The second-order valence-electron chi connectivity index (χ2n) is 7.98. The molecular weight excluding hydrogens is 336 g/mol. The van der Waals surface area contributed by atoms with E-state index in [1.165, 1.54) is 12.7 Å². The van der Waals surface area contributed by atoms with Crippen LogP contribution in [0.25, 0.3) is 0 Å². The Morgan fingerprint density at radius 2 is 1.78 bits per heavy atom.